The molecule has 4 heteroatoms. The Morgan fingerprint density at radius 1 is 1.37 bits per heavy atom. The normalized spacial score (nSPS) is 22.1. The van der Waals surface area contributed by atoms with Gasteiger partial charge in [-0.25, -0.2) is 4.98 Å². The number of hydrogen-bond acceptors (Lipinski definition) is 3. The minimum Gasteiger partial charge on any atom is -0.496 e. The average Bonchev–Trinajstić information content (AvgIpc) is 2.88. The summed E-state index contributed by atoms with van der Waals surface area (Å²) in [4.78, 5) is 7.75. The van der Waals surface area contributed by atoms with E-state index < -0.39 is 0 Å². The van der Waals surface area contributed by atoms with Crippen LogP contribution in [0.4, 0.5) is 0 Å². The number of hydrogen-bond donors (Lipinski definition) is 2. The van der Waals surface area contributed by atoms with Crippen molar-refractivity contribution in [3.05, 3.63) is 47.0 Å². The number of aromatic nitrogens is 2. The van der Waals surface area contributed by atoms with Crippen molar-refractivity contribution in [3.63, 3.8) is 0 Å². The fourth-order valence-electron chi connectivity index (χ4n) is 2.89. The quantitative estimate of drug-likeness (QED) is 0.866. The monoisotopic (exact) mass is 257 g/mol. The molecule has 4 nitrogen and oxygen atoms in total. The largest absolute Gasteiger partial charge is 0.496 e. The minimum atomic E-state index is -0.232. The maximum absolute atomic E-state index is 5.33. The summed E-state index contributed by atoms with van der Waals surface area (Å²) >= 11 is 0. The highest BCUT2D eigenvalue weighted by Gasteiger charge is 2.35. The van der Waals surface area contributed by atoms with Crippen molar-refractivity contribution in [2.45, 2.75) is 25.8 Å². The van der Waals surface area contributed by atoms with Crippen LogP contribution in [0.2, 0.25) is 0 Å². The van der Waals surface area contributed by atoms with E-state index in [-0.39, 0.29) is 5.54 Å². The molecule has 1 aliphatic heterocycles. The molecule has 0 radical (unpaired) electrons. The molecule has 0 aliphatic carbocycles. The molecule has 3 rings (SSSR count). The number of aryl methyl sites for hydroxylation is 1. The highest BCUT2D eigenvalue weighted by Crippen LogP contribution is 2.34. The van der Waals surface area contributed by atoms with Gasteiger partial charge in [-0.1, -0.05) is 12.1 Å². The molecular weight excluding hydrogens is 238 g/mol. The first-order valence-electron chi connectivity index (χ1n) is 6.58. The molecule has 1 atom stereocenters. The van der Waals surface area contributed by atoms with E-state index in [2.05, 4.69) is 41.3 Å². The van der Waals surface area contributed by atoms with Crippen LogP contribution in [0.25, 0.3) is 0 Å². The van der Waals surface area contributed by atoms with Gasteiger partial charge in [-0.15, -0.1) is 0 Å². The lowest BCUT2D eigenvalue weighted by atomic mass is 9.83. The van der Waals surface area contributed by atoms with E-state index in [0.717, 1.165) is 30.0 Å². The Labute approximate surface area is 113 Å². The number of fused-ring (bicyclic) bond motifs is 1. The zero-order valence-corrected chi connectivity index (χ0v) is 11.6. The van der Waals surface area contributed by atoms with Gasteiger partial charge in [-0.2, -0.15) is 0 Å². The predicted molar refractivity (Wildman–Crippen MR) is 74.5 cm³/mol. The molecule has 0 saturated heterocycles. The second-order valence-electron chi connectivity index (χ2n) is 5.22. The molecule has 1 aromatic heterocycles. The van der Waals surface area contributed by atoms with Crippen molar-refractivity contribution in [2.75, 3.05) is 13.7 Å². The van der Waals surface area contributed by atoms with Crippen molar-refractivity contribution in [1.29, 1.82) is 0 Å². The third kappa shape index (κ3) is 1.83. The van der Waals surface area contributed by atoms with E-state index in [1.807, 2.05) is 6.07 Å². The molecule has 0 fully saturated rings. The Hall–Kier alpha value is -1.81. The van der Waals surface area contributed by atoms with E-state index in [0.29, 0.717) is 0 Å². The van der Waals surface area contributed by atoms with E-state index in [9.17, 15) is 0 Å². The molecule has 2 heterocycles. The number of benzene rings is 1. The van der Waals surface area contributed by atoms with Crippen LogP contribution < -0.4 is 10.1 Å². The summed E-state index contributed by atoms with van der Waals surface area (Å²) in [5, 5.41) is 3.60. The van der Waals surface area contributed by atoms with Gasteiger partial charge in [0.2, 0.25) is 0 Å². The Morgan fingerprint density at radius 3 is 2.95 bits per heavy atom. The molecule has 2 N–H and O–H groups in total. The van der Waals surface area contributed by atoms with Crippen LogP contribution >= 0.6 is 0 Å². The summed E-state index contributed by atoms with van der Waals surface area (Å²) in [7, 11) is 1.70. The summed E-state index contributed by atoms with van der Waals surface area (Å²) in [6.45, 7) is 5.21. The molecule has 0 amide bonds. The van der Waals surface area contributed by atoms with Crippen molar-refractivity contribution in [3.8, 4) is 5.75 Å². The fourth-order valence-corrected chi connectivity index (χ4v) is 2.89. The SMILES string of the molecule is COc1ccc(C2(C)NCCc3[nH]cnc32)cc1C. The second kappa shape index (κ2) is 4.38. The van der Waals surface area contributed by atoms with E-state index >= 15 is 0 Å². The number of nitrogens with one attached hydrogen (secondary N) is 2. The third-order valence-corrected chi connectivity index (χ3v) is 4.02. The molecule has 19 heavy (non-hydrogen) atoms. The molecule has 100 valence electrons. The van der Waals surface area contributed by atoms with Gasteiger partial charge in [0.15, 0.2) is 0 Å². The number of rotatable bonds is 2. The minimum absolute atomic E-state index is 0.232. The Bertz CT molecular complexity index is 605. The first kappa shape index (κ1) is 12.2. The van der Waals surface area contributed by atoms with Crippen LogP contribution in [0.1, 0.15) is 29.4 Å². The number of H-pyrrole nitrogens is 1. The fraction of sp³-hybridized carbons (Fsp3) is 0.400. The van der Waals surface area contributed by atoms with Gasteiger partial charge in [0, 0.05) is 18.7 Å². The molecular formula is C15H19N3O. The number of methoxy groups -OCH3 is 1. The number of ether oxygens (including phenoxy) is 1. The summed E-state index contributed by atoms with van der Waals surface area (Å²) in [6.07, 6.45) is 2.78. The van der Waals surface area contributed by atoms with Gasteiger partial charge in [0.25, 0.3) is 0 Å². The molecule has 1 unspecified atom stereocenters. The third-order valence-electron chi connectivity index (χ3n) is 4.02. The van der Waals surface area contributed by atoms with Gasteiger partial charge in [-0.05, 0) is 31.0 Å². The van der Waals surface area contributed by atoms with Crippen molar-refractivity contribution in [2.24, 2.45) is 0 Å². The lowest BCUT2D eigenvalue weighted by molar-refractivity contribution is 0.397. The average molecular weight is 257 g/mol. The summed E-state index contributed by atoms with van der Waals surface area (Å²) in [5.74, 6) is 0.922. The predicted octanol–water partition coefficient (Wildman–Crippen LogP) is 2.14. The molecule has 1 aromatic carbocycles. The van der Waals surface area contributed by atoms with Gasteiger partial charge in [-0.3, -0.25) is 0 Å². The zero-order chi connectivity index (χ0) is 13.5. The van der Waals surface area contributed by atoms with Gasteiger partial charge in [0.05, 0.1) is 24.7 Å². The Kier molecular flexibility index (Phi) is 2.82. The number of imidazole rings is 1. The van der Waals surface area contributed by atoms with Gasteiger partial charge >= 0.3 is 0 Å². The maximum Gasteiger partial charge on any atom is 0.121 e. The standard InChI is InChI=1S/C15H19N3O/c1-10-8-11(4-5-13(10)19-3)15(2)14-12(6-7-18-15)16-9-17-14/h4-5,8-9,18H,6-7H2,1-3H3,(H,16,17). The lowest BCUT2D eigenvalue weighted by Crippen LogP contribution is -2.46. The Morgan fingerprint density at radius 2 is 2.21 bits per heavy atom. The van der Waals surface area contributed by atoms with Gasteiger partial charge < -0.3 is 15.0 Å². The van der Waals surface area contributed by atoms with E-state index in [4.69, 9.17) is 4.74 Å². The first-order chi connectivity index (χ1) is 9.15. The molecule has 0 spiro atoms. The number of nitrogens with zero attached hydrogens (tertiary/aromatic N) is 1. The van der Waals surface area contributed by atoms with Crippen molar-refractivity contribution < 1.29 is 4.74 Å². The van der Waals surface area contributed by atoms with Gasteiger partial charge in [0.1, 0.15) is 5.75 Å². The number of aromatic amines is 1. The Balaban J connectivity index is 2.10. The molecule has 0 saturated carbocycles. The highest BCUT2D eigenvalue weighted by atomic mass is 16.5. The maximum atomic E-state index is 5.33. The van der Waals surface area contributed by atoms with Crippen LogP contribution in [-0.4, -0.2) is 23.6 Å². The highest BCUT2D eigenvalue weighted by molar-refractivity contribution is 5.44. The summed E-state index contributed by atoms with van der Waals surface area (Å²) in [5.41, 5.74) is 4.47. The van der Waals surface area contributed by atoms with Crippen LogP contribution in [0.15, 0.2) is 24.5 Å². The summed E-state index contributed by atoms with van der Waals surface area (Å²) < 4.78 is 5.33. The molecule has 2 aromatic rings. The zero-order valence-electron chi connectivity index (χ0n) is 11.6. The van der Waals surface area contributed by atoms with E-state index in [1.54, 1.807) is 13.4 Å². The van der Waals surface area contributed by atoms with Crippen LogP contribution in [0.5, 0.6) is 5.75 Å². The molecule has 0 bridgehead atoms. The molecule has 1 aliphatic rings. The summed E-state index contributed by atoms with van der Waals surface area (Å²) in [6, 6.07) is 6.32. The van der Waals surface area contributed by atoms with Crippen LogP contribution in [0.3, 0.4) is 0 Å². The van der Waals surface area contributed by atoms with Crippen LogP contribution in [-0.2, 0) is 12.0 Å². The van der Waals surface area contributed by atoms with Crippen molar-refractivity contribution in [1.82, 2.24) is 15.3 Å². The van der Waals surface area contributed by atoms with E-state index in [1.165, 1.54) is 11.3 Å². The van der Waals surface area contributed by atoms with Crippen molar-refractivity contribution >= 4 is 0 Å². The second-order valence-corrected chi connectivity index (χ2v) is 5.22. The first-order valence-corrected chi connectivity index (χ1v) is 6.58. The smallest absolute Gasteiger partial charge is 0.121 e. The topological polar surface area (TPSA) is 49.9 Å². The van der Waals surface area contributed by atoms with Crippen LogP contribution in [0, 0.1) is 6.92 Å². The lowest BCUT2D eigenvalue weighted by Gasteiger charge is -2.35.